The summed E-state index contributed by atoms with van der Waals surface area (Å²) in [5.41, 5.74) is 1.93. The molecule has 2 heterocycles. The Labute approximate surface area is 160 Å². The normalized spacial score (nSPS) is 15.5. The maximum absolute atomic E-state index is 12.5. The molecule has 1 saturated heterocycles. The lowest BCUT2D eigenvalue weighted by Gasteiger charge is -2.29. The number of aromatic nitrogens is 1. The van der Waals surface area contributed by atoms with E-state index < -0.39 is 0 Å². The predicted octanol–water partition coefficient (Wildman–Crippen LogP) is 2.97. The van der Waals surface area contributed by atoms with Gasteiger partial charge in [-0.25, -0.2) is 4.79 Å². The Balaban J connectivity index is 1.62. The van der Waals surface area contributed by atoms with Crippen molar-refractivity contribution in [3.63, 3.8) is 0 Å². The molecular weight excluding hydrogens is 344 g/mol. The Morgan fingerprint density at radius 2 is 2.04 bits per heavy atom. The number of benzene rings is 1. The van der Waals surface area contributed by atoms with E-state index in [0.717, 1.165) is 30.3 Å². The minimum Gasteiger partial charge on any atom is -0.497 e. The average Bonchev–Trinajstić information content (AvgIpc) is 3.34. The number of ether oxygens (including phenoxy) is 1. The van der Waals surface area contributed by atoms with Crippen LogP contribution in [-0.2, 0) is 6.54 Å². The number of carbonyl (C=O) groups excluding carboxylic acids is 1. The van der Waals surface area contributed by atoms with Crippen LogP contribution in [0.1, 0.15) is 35.9 Å². The lowest BCUT2D eigenvalue weighted by molar-refractivity contribution is 0.194. The van der Waals surface area contributed by atoms with Crippen LogP contribution in [0.15, 0.2) is 34.9 Å². The molecule has 2 aromatic rings. The summed E-state index contributed by atoms with van der Waals surface area (Å²) in [7, 11) is 3.43. The van der Waals surface area contributed by atoms with E-state index >= 15 is 0 Å². The van der Waals surface area contributed by atoms with Gasteiger partial charge in [0.05, 0.1) is 19.7 Å². The highest BCUT2D eigenvalue weighted by molar-refractivity contribution is 5.73. The van der Waals surface area contributed by atoms with Crippen LogP contribution in [0.2, 0.25) is 0 Å². The average molecular weight is 372 g/mol. The van der Waals surface area contributed by atoms with Crippen molar-refractivity contribution in [2.24, 2.45) is 0 Å². The Morgan fingerprint density at radius 3 is 2.63 bits per heavy atom. The Bertz CT molecular complexity index is 738. The summed E-state index contributed by atoms with van der Waals surface area (Å²) in [6.45, 7) is 4.93. The fourth-order valence-corrected chi connectivity index (χ4v) is 3.46. The zero-order valence-corrected chi connectivity index (χ0v) is 16.3. The standard InChI is InChI=1S/C20H28N4O3/c1-15-12-17(22-27-15)14-23(2)20(25)21-13-19(24-10-4-5-11-24)16-6-8-18(26-3)9-7-16/h6-9,12,19H,4-5,10-11,13-14H2,1-3H3,(H,21,25). The van der Waals surface area contributed by atoms with E-state index in [1.165, 1.54) is 18.4 Å². The van der Waals surface area contributed by atoms with Crippen LogP contribution in [0.25, 0.3) is 0 Å². The summed E-state index contributed by atoms with van der Waals surface area (Å²) in [5, 5.41) is 7.01. The molecule has 0 saturated carbocycles. The summed E-state index contributed by atoms with van der Waals surface area (Å²) < 4.78 is 10.3. The van der Waals surface area contributed by atoms with Gasteiger partial charge in [-0.05, 0) is 50.6 Å². The smallest absolute Gasteiger partial charge is 0.317 e. The molecule has 1 atom stereocenters. The summed E-state index contributed by atoms with van der Waals surface area (Å²) in [4.78, 5) is 16.6. The van der Waals surface area contributed by atoms with Gasteiger partial charge in [-0.2, -0.15) is 0 Å². The van der Waals surface area contributed by atoms with Crippen LogP contribution < -0.4 is 10.1 Å². The SMILES string of the molecule is COc1ccc(C(CNC(=O)N(C)Cc2cc(C)on2)N2CCCC2)cc1. The second-order valence-corrected chi connectivity index (χ2v) is 7.00. The van der Waals surface area contributed by atoms with Gasteiger partial charge in [0.25, 0.3) is 0 Å². The van der Waals surface area contributed by atoms with Crippen LogP contribution >= 0.6 is 0 Å². The Kier molecular flexibility index (Phi) is 6.34. The molecule has 3 rings (SSSR count). The number of likely N-dealkylation sites (tertiary alicyclic amines) is 1. The molecule has 27 heavy (non-hydrogen) atoms. The largest absolute Gasteiger partial charge is 0.497 e. The summed E-state index contributed by atoms with van der Waals surface area (Å²) >= 11 is 0. The number of urea groups is 1. The fourth-order valence-electron chi connectivity index (χ4n) is 3.46. The van der Waals surface area contributed by atoms with Gasteiger partial charge in [0.1, 0.15) is 17.2 Å². The number of nitrogens with zero attached hydrogens (tertiary/aromatic N) is 3. The monoisotopic (exact) mass is 372 g/mol. The van der Waals surface area contributed by atoms with Crippen molar-refractivity contribution in [2.75, 3.05) is 33.8 Å². The molecule has 1 aliphatic rings. The number of aryl methyl sites for hydroxylation is 1. The maximum atomic E-state index is 12.5. The summed E-state index contributed by atoms with van der Waals surface area (Å²) in [6, 6.07) is 9.98. The topological polar surface area (TPSA) is 70.8 Å². The molecule has 1 N–H and O–H groups in total. The zero-order valence-electron chi connectivity index (χ0n) is 16.3. The van der Waals surface area contributed by atoms with Crippen LogP contribution in [0.5, 0.6) is 5.75 Å². The van der Waals surface area contributed by atoms with E-state index in [-0.39, 0.29) is 12.1 Å². The summed E-state index contributed by atoms with van der Waals surface area (Å²) in [6.07, 6.45) is 2.40. The molecule has 0 bridgehead atoms. The molecule has 1 unspecified atom stereocenters. The third-order valence-corrected chi connectivity index (χ3v) is 4.95. The first-order valence-electron chi connectivity index (χ1n) is 9.36. The highest BCUT2D eigenvalue weighted by Crippen LogP contribution is 2.26. The molecule has 1 aromatic carbocycles. The third kappa shape index (κ3) is 5.01. The van der Waals surface area contributed by atoms with Crippen molar-refractivity contribution in [3.8, 4) is 5.75 Å². The first-order valence-corrected chi connectivity index (χ1v) is 9.36. The van der Waals surface area contributed by atoms with E-state index in [1.807, 2.05) is 25.1 Å². The van der Waals surface area contributed by atoms with Gasteiger partial charge in [-0.15, -0.1) is 0 Å². The van der Waals surface area contributed by atoms with Crippen molar-refractivity contribution in [1.82, 2.24) is 20.3 Å². The van der Waals surface area contributed by atoms with Crippen LogP contribution in [0.4, 0.5) is 4.79 Å². The van der Waals surface area contributed by atoms with Crippen molar-refractivity contribution < 1.29 is 14.1 Å². The Morgan fingerprint density at radius 1 is 1.33 bits per heavy atom. The van der Waals surface area contributed by atoms with Crippen LogP contribution in [-0.4, -0.2) is 54.8 Å². The number of carbonyl (C=O) groups is 1. The molecule has 0 radical (unpaired) electrons. The number of amides is 2. The molecule has 1 fully saturated rings. The van der Waals surface area contributed by atoms with E-state index in [2.05, 4.69) is 27.5 Å². The molecule has 1 aromatic heterocycles. The van der Waals surface area contributed by atoms with Crippen molar-refractivity contribution >= 4 is 6.03 Å². The van der Waals surface area contributed by atoms with E-state index in [1.54, 1.807) is 19.1 Å². The zero-order chi connectivity index (χ0) is 19.2. The maximum Gasteiger partial charge on any atom is 0.317 e. The quantitative estimate of drug-likeness (QED) is 0.809. The first kappa shape index (κ1) is 19.2. The van der Waals surface area contributed by atoms with Crippen molar-refractivity contribution in [2.45, 2.75) is 32.4 Å². The molecule has 7 nitrogen and oxygen atoms in total. The van der Waals surface area contributed by atoms with Crippen molar-refractivity contribution in [3.05, 3.63) is 47.3 Å². The third-order valence-electron chi connectivity index (χ3n) is 4.95. The van der Waals surface area contributed by atoms with E-state index in [9.17, 15) is 4.79 Å². The molecular formula is C20H28N4O3. The number of hydrogen-bond donors (Lipinski definition) is 1. The number of hydrogen-bond acceptors (Lipinski definition) is 5. The van der Waals surface area contributed by atoms with Crippen LogP contribution in [0, 0.1) is 6.92 Å². The van der Waals surface area contributed by atoms with E-state index in [4.69, 9.17) is 9.26 Å². The van der Waals surface area contributed by atoms with Crippen molar-refractivity contribution in [1.29, 1.82) is 0 Å². The minimum absolute atomic E-state index is 0.117. The fraction of sp³-hybridized carbons (Fsp3) is 0.500. The number of methoxy groups -OCH3 is 1. The minimum atomic E-state index is -0.117. The van der Waals surface area contributed by atoms with Gasteiger partial charge >= 0.3 is 6.03 Å². The molecule has 146 valence electrons. The number of rotatable bonds is 7. The van der Waals surface area contributed by atoms with Gasteiger partial charge in [-0.1, -0.05) is 17.3 Å². The van der Waals surface area contributed by atoms with Gasteiger partial charge in [0.15, 0.2) is 0 Å². The first-order chi connectivity index (χ1) is 13.1. The highest BCUT2D eigenvalue weighted by Gasteiger charge is 2.24. The predicted molar refractivity (Wildman–Crippen MR) is 103 cm³/mol. The van der Waals surface area contributed by atoms with Gasteiger partial charge in [0.2, 0.25) is 0 Å². The second-order valence-electron chi connectivity index (χ2n) is 7.00. The van der Waals surface area contributed by atoms with Gasteiger partial charge in [-0.3, -0.25) is 4.90 Å². The molecule has 0 aliphatic carbocycles. The molecule has 0 spiro atoms. The van der Waals surface area contributed by atoms with Gasteiger partial charge in [0, 0.05) is 19.7 Å². The lowest BCUT2D eigenvalue weighted by Crippen LogP contribution is -2.42. The lowest BCUT2D eigenvalue weighted by atomic mass is 10.1. The molecule has 1 aliphatic heterocycles. The van der Waals surface area contributed by atoms with Gasteiger partial charge < -0.3 is 19.5 Å². The Hall–Kier alpha value is -2.54. The van der Waals surface area contributed by atoms with E-state index in [0.29, 0.717) is 13.1 Å². The molecule has 7 heteroatoms. The second kappa shape index (κ2) is 8.90. The molecule has 2 amide bonds. The van der Waals surface area contributed by atoms with Crippen LogP contribution in [0.3, 0.4) is 0 Å². The highest BCUT2D eigenvalue weighted by atomic mass is 16.5. The summed E-state index contributed by atoms with van der Waals surface area (Å²) in [5.74, 6) is 1.58. The number of nitrogens with one attached hydrogen (secondary N) is 1.